The first-order valence-electron chi connectivity index (χ1n) is 8.55. The fraction of sp³-hybridized carbons (Fsp3) is 0.350. The molecule has 0 aromatic heterocycles. The van der Waals surface area contributed by atoms with Crippen molar-refractivity contribution in [3.05, 3.63) is 65.2 Å². The topological polar surface area (TPSA) is 49.8 Å². The summed E-state index contributed by atoms with van der Waals surface area (Å²) >= 11 is 0. The molecule has 0 saturated carbocycles. The van der Waals surface area contributed by atoms with Crippen molar-refractivity contribution in [2.24, 2.45) is 5.92 Å². The fourth-order valence-electron chi connectivity index (χ4n) is 3.50. The zero-order chi connectivity index (χ0) is 18.7. The van der Waals surface area contributed by atoms with Gasteiger partial charge in [0.25, 0.3) is 0 Å². The highest BCUT2D eigenvalue weighted by atomic mass is 19.1. The summed E-state index contributed by atoms with van der Waals surface area (Å²) in [5, 5.41) is 9.20. The van der Waals surface area contributed by atoms with Crippen LogP contribution in [0.5, 0.6) is 5.75 Å². The number of hydrogen-bond donors (Lipinski definition) is 1. The van der Waals surface area contributed by atoms with Crippen LogP contribution < -0.4 is 4.74 Å². The monoisotopic (exact) mass is 361 g/mol. The van der Waals surface area contributed by atoms with E-state index in [1.807, 2.05) is 12.1 Å². The second-order valence-electron chi connectivity index (χ2n) is 6.49. The highest BCUT2D eigenvalue weighted by molar-refractivity contribution is 5.70. The first kappa shape index (κ1) is 18.3. The number of hydrogen-bond acceptors (Lipinski definition) is 3. The third-order valence-corrected chi connectivity index (χ3v) is 4.93. The Hall–Kier alpha value is -2.47. The molecule has 4 nitrogen and oxygen atoms in total. The van der Waals surface area contributed by atoms with E-state index in [4.69, 9.17) is 4.74 Å². The molecule has 0 radical (unpaired) electrons. The van der Waals surface area contributed by atoms with Crippen molar-refractivity contribution in [2.75, 3.05) is 20.2 Å². The van der Waals surface area contributed by atoms with E-state index < -0.39 is 23.6 Å². The van der Waals surface area contributed by atoms with Gasteiger partial charge in [-0.15, -0.1) is 0 Å². The van der Waals surface area contributed by atoms with E-state index in [2.05, 4.69) is 4.90 Å². The smallest absolute Gasteiger partial charge is 0.306 e. The molecule has 1 atom stereocenters. The number of halogens is 2. The number of methoxy groups -OCH3 is 1. The second kappa shape index (κ2) is 7.83. The molecular weight excluding hydrogens is 340 g/mol. The number of carboxylic acids is 1. The number of aliphatic carboxylic acids is 1. The number of benzene rings is 2. The van der Waals surface area contributed by atoms with Gasteiger partial charge in [0.05, 0.1) is 19.1 Å². The summed E-state index contributed by atoms with van der Waals surface area (Å²) < 4.78 is 33.0. The SMILES string of the molecule is COc1ccc(C(c2ccc(F)cc2F)N2CCC(C(=O)O)CC2)cc1. The zero-order valence-electron chi connectivity index (χ0n) is 14.5. The van der Waals surface area contributed by atoms with E-state index in [-0.39, 0.29) is 5.92 Å². The molecule has 6 heteroatoms. The quantitative estimate of drug-likeness (QED) is 0.879. The van der Waals surface area contributed by atoms with Gasteiger partial charge in [-0.05, 0) is 49.7 Å². The standard InChI is InChI=1S/C20H21F2NO3/c1-26-16-5-2-13(3-6-16)19(17-7-4-15(21)12-18(17)22)23-10-8-14(9-11-23)20(24)25/h2-7,12,14,19H,8-11H2,1H3,(H,24,25). The number of nitrogens with zero attached hydrogens (tertiary/aromatic N) is 1. The predicted molar refractivity (Wildman–Crippen MR) is 93.1 cm³/mol. The Bertz CT molecular complexity index is 771. The molecule has 1 unspecified atom stereocenters. The van der Waals surface area contributed by atoms with Crippen molar-refractivity contribution in [3.63, 3.8) is 0 Å². The number of piperidine rings is 1. The van der Waals surface area contributed by atoms with Crippen LogP contribution >= 0.6 is 0 Å². The zero-order valence-corrected chi connectivity index (χ0v) is 14.5. The maximum Gasteiger partial charge on any atom is 0.306 e. The van der Waals surface area contributed by atoms with E-state index in [9.17, 15) is 18.7 Å². The number of carbonyl (C=O) groups is 1. The average Bonchev–Trinajstić information content (AvgIpc) is 2.64. The fourth-order valence-corrected chi connectivity index (χ4v) is 3.50. The van der Waals surface area contributed by atoms with Crippen LogP contribution in [0.15, 0.2) is 42.5 Å². The normalized spacial score (nSPS) is 17.0. The van der Waals surface area contributed by atoms with Gasteiger partial charge in [0, 0.05) is 11.6 Å². The van der Waals surface area contributed by atoms with Crippen molar-refractivity contribution in [1.82, 2.24) is 4.90 Å². The third-order valence-electron chi connectivity index (χ3n) is 4.93. The molecule has 0 aliphatic carbocycles. The molecule has 1 heterocycles. The summed E-state index contributed by atoms with van der Waals surface area (Å²) in [6.45, 7) is 1.06. The van der Waals surface area contributed by atoms with Crippen molar-refractivity contribution >= 4 is 5.97 Å². The van der Waals surface area contributed by atoms with Gasteiger partial charge < -0.3 is 9.84 Å². The number of likely N-dealkylation sites (tertiary alicyclic amines) is 1. The second-order valence-corrected chi connectivity index (χ2v) is 6.49. The van der Waals surface area contributed by atoms with Crippen LogP contribution in [0.2, 0.25) is 0 Å². The van der Waals surface area contributed by atoms with Crippen molar-refractivity contribution in [1.29, 1.82) is 0 Å². The molecule has 1 aliphatic rings. The Labute approximate surface area is 151 Å². The molecular formula is C20H21F2NO3. The molecule has 1 aliphatic heterocycles. The summed E-state index contributed by atoms with van der Waals surface area (Å²) in [5.74, 6) is -1.70. The summed E-state index contributed by atoms with van der Waals surface area (Å²) in [6.07, 6.45) is 1.01. The molecule has 1 N–H and O–H groups in total. The Morgan fingerprint density at radius 1 is 1.15 bits per heavy atom. The van der Waals surface area contributed by atoms with Crippen LogP contribution in [-0.4, -0.2) is 36.2 Å². The highest BCUT2D eigenvalue weighted by Gasteiger charge is 2.31. The Kier molecular flexibility index (Phi) is 5.52. The molecule has 26 heavy (non-hydrogen) atoms. The molecule has 138 valence electrons. The van der Waals surface area contributed by atoms with Gasteiger partial charge >= 0.3 is 5.97 Å². The molecule has 2 aromatic rings. The lowest BCUT2D eigenvalue weighted by Gasteiger charge is -2.37. The molecule has 1 fully saturated rings. The third kappa shape index (κ3) is 3.85. The van der Waals surface area contributed by atoms with Gasteiger partial charge in [-0.25, -0.2) is 8.78 Å². The minimum Gasteiger partial charge on any atom is -0.497 e. The molecule has 1 saturated heterocycles. The Morgan fingerprint density at radius 3 is 2.35 bits per heavy atom. The van der Waals surface area contributed by atoms with Gasteiger partial charge in [-0.1, -0.05) is 18.2 Å². The maximum atomic E-state index is 14.5. The minimum absolute atomic E-state index is 0.374. The van der Waals surface area contributed by atoms with Gasteiger partial charge in [0.1, 0.15) is 17.4 Å². The average molecular weight is 361 g/mol. The number of carboxylic acid groups (broad SMARTS) is 1. The molecule has 0 bridgehead atoms. The highest BCUT2D eigenvalue weighted by Crippen LogP contribution is 2.34. The lowest BCUT2D eigenvalue weighted by atomic mass is 9.91. The van der Waals surface area contributed by atoms with Crippen molar-refractivity contribution < 1.29 is 23.4 Å². The first-order valence-corrected chi connectivity index (χ1v) is 8.55. The van der Waals surface area contributed by atoms with Gasteiger partial charge in [0.15, 0.2) is 0 Å². The summed E-state index contributed by atoms with van der Waals surface area (Å²) in [4.78, 5) is 13.3. The summed E-state index contributed by atoms with van der Waals surface area (Å²) in [5.41, 5.74) is 1.23. The predicted octanol–water partition coefficient (Wildman–Crippen LogP) is 3.86. The van der Waals surface area contributed by atoms with E-state index in [1.165, 1.54) is 12.1 Å². The summed E-state index contributed by atoms with van der Waals surface area (Å²) in [6, 6.07) is 10.5. The van der Waals surface area contributed by atoms with E-state index in [0.717, 1.165) is 11.6 Å². The van der Waals surface area contributed by atoms with Gasteiger partial charge in [-0.2, -0.15) is 0 Å². The number of ether oxygens (including phenoxy) is 1. The molecule has 0 amide bonds. The van der Waals surface area contributed by atoms with E-state index >= 15 is 0 Å². The van der Waals surface area contributed by atoms with Gasteiger partial charge in [-0.3, -0.25) is 9.69 Å². The van der Waals surface area contributed by atoms with Crippen molar-refractivity contribution in [2.45, 2.75) is 18.9 Å². The molecule has 2 aromatic carbocycles. The van der Waals surface area contributed by atoms with Crippen LogP contribution in [-0.2, 0) is 4.79 Å². The van der Waals surface area contributed by atoms with E-state index in [0.29, 0.717) is 37.2 Å². The first-order chi connectivity index (χ1) is 12.5. The molecule has 3 rings (SSSR count). The Morgan fingerprint density at radius 2 is 1.81 bits per heavy atom. The number of rotatable bonds is 5. The largest absolute Gasteiger partial charge is 0.497 e. The molecule has 0 spiro atoms. The minimum atomic E-state index is -0.793. The van der Waals surface area contributed by atoms with Crippen LogP contribution in [0.4, 0.5) is 8.78 Å². The van der Waals surface area contributed by atoms with E-state index in [1.54, 1.807) is 19.2 Å². The lowest BCUT2D eigenvalue weighted by molar-refractivity contribution is -0.143. The van der Waals surface area contributed by atoms with Gasteiger partial charge in [0.2, 0.25) is 0 Å². The lowest BCUT2D eigenvalue weighted by Crippen LogP contribution is -2.39. The summed E-state index contributed by atoms with van der Waals surface area (Å²) in [7, 11) is 1.57. The van der Waals surface area contributed by atoms with Crippen LogP contribution in [0.1, 0.15) is 30.0 Å². The Balaban J connectivity index is 1.95. The van der Waals surface area contributed by atoms with Crippen molar-refractivity contribution in [3.8, 4) is 5.75 Å². The van der Waals surface area contributed by atoms with Crippen LogP contribution in [0, 0.1) is 17.6 Å². The van der Waals surface area contributed by atoms with Crippen LogP contribution in [0.25, 0.3) is 0 Å². The van der Waals surface area contributed by atoms with Crippen LogP contribution in [0.3, 0.4) is 0 Å². The maximum absolute atomic E-state index is 14.5.